The van der Waals surface area contributed by atoms with Crippen LogP contribution in [0.15, 0.2) is 18.2 Å². The van der Waals surface area contributed by atoms with Gasteiger partial charge in [-0.1, -0.05) is 6.07 Å². The minimum atomic E-state index is 0.225. The third-order valence-corrected chi connectivity index (χ3v) is 4.79. The van der Waals surface area contributed by atoms with Gasteiger partial charge in [0.2, 0.25) is 0 Å². The Morgan fingerprint density at radius 3 is 2.71 bits per heavy atom. The third-order valence-electron chi connectivity index (χ3n) is 4.79. The largest absolute Gasteiger partial charge is 0.493 e. The van der Waals surface area contributed by atoms with E-state index in [2.05, 4.69) is 17.4 Å². The van der Waals surface area contributed by atoms with Crippen LogP contribution in [0.3, 0.4) is 0 Å². The van der Waals surface area contributed by atoms with Gasteiger partial charge in [0, 0.05) is 31.5 Å². The van der Waals surface area contributed by atoms with Crippen LogP contribution in [0, 0.1) is 5.92 Å². The highest BCUT2D eigenvalue weighted by atomic mass is 16.5. The first-order chi connectivity index (χ1) is 10.3. The molecule has 21 heavy (non-hydrogen) atoms. The lowest BCUT2D eigenvalue weighted by Gasteiger charge is -2.20. The summed E-state index contributed by atoms with van der Waals surface area (Å²) in [6.07, 6.45) is 5.11. The lowest BCUT2D eigenvalue weighted by Crippen LogP contribution is -2.16. The summed E-state index contributed by atoms with van der Waals surface area (Å²) in [5.41, 5.74) is 1.23. The average Bonchev–Trinajstić information content (AvgIpc) is 3.18. The van der Waals surface area contributed by atoms with Gasteiger partial charge in [0.05, 0.1) is 13.2 Å². The predicted molar refractivity (Wildman–Crippen MR) is 82.1 cm³/mol. The van der Waals surface area contributed by atoms with Crippen molar-refractivity contribution in [1.82, 2.24) is 5.32 Å². The quantitative estimate of drug-likeness (QED) is 0.874. The standard InChI is InChI=1S/C17H25NO3/c1-20-16-7-6-12(15-10-18-9-13(15)11-19)8-17(16)21-14-4-2-3-5-14/h6-8,13-15,18-19H,2-5,9-11H2,1H3/t13-,15-/m0/s1. The first kappa shape index (κ1) is 14.7. The van der Waals surface area contributed by atoms with Gasteiger partial charge in [0.1, 0.15) is 0 Å². The van der Waals surface area contributed by atoms with Gasteiger partial charge < -0.3 is 19.9 Å². The summed E-state index contributed by atoms with van der Waals surface area (Å²) in [6, 6.07) is 6.20. The molecule has 1 saturated carbocycles. The first-order valence-electron chi connectivity index (χ1n) is 7.98. The Bertz CT molecular complexity index is 471. The lowest BCUT2D eigenvalue weighted by molar-refractivity contribution is 0.200. The third kappa shape index (κ3) is 3.16. The van der Waals surface area contributed by atoms with Crippen LogP contribution in [0.2, 0.25) is 0 Å². The highest BCUT2D eigenvalue weighted by Crippen LogP contribution is 2.36. The van der Waals surface area contributed by atoms with Crippen molar-refractivity contribution < 1.29 is 14.6 Å². The van der Waals surface area contributed by atoms with Crippen molar-refractivity contribution in [3.8, 4) is 11.5 Å². The van der Waals surface area contributed by atoms with Gasteiger partial charge in [0.15, 0.2) is 11.5 Å². The first-order valence-corrected chi connectivity index (χ1v) is 7.98. The molecule has 4 nitrogen and oxygen atoms in total. The number of methoxy groups -OCH3 is 1. The Labute approximate surface area is 126 Å². The molecular formula is C17H25NO3. The molecule has 2 atom stereocenters. The van der Waals surface area contributed by atoms with E-state index in [0.717, 1.165) is 37.4 Å². The van der Waals surface area contributed by atoms with Gasteiger partial charge in [-0.25, -0.2) is 0 Å². The maximum absolute atomic E-state index is 9.50. The smallest absolute Gasteiger partial charge is 0.161 e. The van der Waals surface area contributed by atoms with Crippen LogP contribution in [0.1, 0.15) is 37.2 Å². The van der Waals surface area contributed by atoms with Gasteiger partial charge in [0.25, 0.3) is 0 Å². The molecule has 0 spiro atoms. The Kier molecular flexibility index (Phi) is 4.66. The Morgan fingerprint density at radius 2 is 2.00 bits per heavy atom. The van der Waals surface area contributed by atoms with Crippen molar-refractivity contribution in [2.45, 2.75) is 37.7 Å². The number of hydrogen-bond acceptors (Lipinski definition) is 4. The van der Waals surface area contributed by atoms with Gasteiger partial charge in [-0.2, -0.15) is 0 Å². The molecule has 0 aromatic heterocycles. The van der Waals surface area contributed by atoms with E-state index in [1.54, 1.807) is 7.11 Å². The van der Waals surface area contributed by atoms with Crippen molar-refractivity contribution in [2.24, 2.45) is 5.92 Å². The summed E-state index contributed by atoms with van der Waals surface area (Å²) in [5.74, 6) is 2.30. The number of aliphatic hydroxyl groups is 1. The lowest BCUT2D eigenvalue weighted by atomic mass is 9.89. The normalized spacial score (nSPS) is 26.2. The van der Waals surface area contributed by atoms with Crippen LogP contribution in [-0.2, 0) is 0 Å². The van der Waals surface area contributed by atoms with Gasteiger partial charge in [-0.3, -0.25) is 0 Å². The monoisotopic (exact) mass is 291 g/mol. The summed E-state index contributed by atoms with van der Waals surface area (Å²) in [7, 11) is 1.68. The molecule has 2 fully saturated rings. The molecule has 1 aromatic carbocycles. The van der Waals surface area contributed by atoms with Crippen LogP contribution < -0.4 is 14.8 Å². The number of hydrogen-bond donors (Lipinski definition) is 2. The number of rotatable bonds is 5. The fourth-order valence-electron chi connectivity index (χ4n) is 3.52. The molecule has 4 heteroatoms. The molecule has 116 valence electrons. The molecular weight excluding hydrogens is 266 g/mol. The molecule has 1 aliphatic carbocycles. The summed E-state index contributed by atoms with van der Waals surface area (Å²) in [4.78, 5) is 0. The summed E-state index contributed by atoms with van der Waals surface area (Å²) in [5, 5.41) is 12.9. The van der Waals surface area contributed by atoms with Crippen LogP contribution in [0.5, 0.6) is 11.5 Å². The number of aliphatic hydroxyl groups excluding tert-OH is 1. The summed E-state index contributed by atoms with van der Waals surface area (Å²) < 4.78 is 11.6. The second-order valence-corrected chi connectivity index (χ2v) is 6.14. The zero-order valence-electron chi connectivity index (χ0n) is 12.7. The zero-order chi connectivity index (χ0) is 14.7. The Balaban J connectivity index is 1.81. The molecule has 2 N–H and O–H groups in total. The van der Waals surface area contributed by atoms with E-state index in [-0.39, 0.29) is 12.5 Å². The Morgan fingerprint density at radius 1 is 1.19 bits per heavy atom. The van der Waals surface area contributed by atoms with Crippen molar-refractivity contribution in [3.05, 3.63) is 23.8 Å². The maximum Gasteiger partial charge on any atom is 0.161 e. The summed E-state index contributed by atoms with van der Waals surface area (Å²) >= 11 is 0. The van der Waals surface area contributed by atoms with E-state index >= 15 is 0 Å². The van der Waals surface area contributed by atoms with Crippen LogP contribution in [0.25, 0.3) is 0 Å². The highest BCUT2D eigenvalue weighted by molar-refractivity contribution is 5.44. The highest BCUT2D eigenvalue weighted by Gasteiger charge is 2.29. The van der Waals surface area contributed by atoms with Crippen LogP contribution >= 0.6 is 0 Å². The molecule has 1 saturated heterocycles. The van der Waals surface area contributed by atoms with E-state index < -0.39 is 0 Å². The second-order valence-electron chi connectivity index (χ2n) is 6.14. The molecule has 0 bridgehead atoms. The minimum absolute atomic E-state index is 0.225. The molecule has 2 aliphatic rings. The topological polar surface area (TPSA) is 50.7 Å². The fourth-order valence-corrected chi connectivity index (χ4v) is 3.52. The molecule has 1 aliphatic heterocycles. The minimum Gasteiger partial charge on any atom is -0.493 e. The molecule has 1 heterocycles. The van der Waals surface area contributed by atoms with E-state index in [1.807, 2.05) is 6.07 Å². The van der Waals surface area contributed by atoms with Crippen LogP contribution in [0.4, 0.5) is 0 Å². The summed E-state index contributed by atoms with van der Waals surface area (Å²) in [6.45, 7) is 2.02. The Hall–Kier alpha value is -1.26. The number of nitrogens with one attached hydrogen (secondary N) is 1. The zero-order valence-corrected chi connectivity index (χ0v) is 12.7. The van der Waals surface area contributed by atoms with Crippen molar-refractivity contribution >= 4 is 0 Å². The fraction of sp³-hybridized carbons (Fsp3) is 0.647. The van der Waals surface area contributed by atoms with Crippen molar-refractivity contribution in [3.63, 3.8) is 0 Å². The second kappa shape index (κ2) is 6.67. The van der Waals surface area contributed by atoms with Gasteiger partial charge in [-0.05, 0) is 43.4 Å². The maximum atomic E-state index is 9.50. The molecule has 3 rings (SSSR count). The number of benzene rings is 1. The van der Waals surface area contributed by atoms with E-state index in [0.29, 0.717) is 12.0 Å². The average molecular weight is 291 g/mol. The molecule has 0 amide bonds. The SMILES string of the molecule is COc1ccc([C@@H]2CNC[C@H]2CO)cc1OC1CCCC1. The number of ether oxygens (including phenoxy) is 2. The predicted octanol–water partition coefficient (Wildman–Crippen LogP) is 2.31. The van der Waals surface area contributed by atoms with Crippen molar-refractivity contribution in [1.29, 1.82) is 0 Å². The van der Waals surface area contributed by atoms with Gasteiger partial charge in [-0.15, -0.1) is 0 Å². The molecule has 0 unspecified atom stereocenters. The van der Waals surface area contributed by atoms with Gasteiger partial charge >= 0.3 is 0 Å². The van der Waals surface area contributed by atoms with E-state index in [4.69, 9.17) is 9.47 Å². The molecule has 0 radical (unpaired) electrons. The van der Waals surface area contributed by atoms with Crippen molar-refractivity contribution in [2.75, 3.05) is 26.8 Å². The molecule has 1 aromatic rings. The van der Waals surface area contributed by atoms with E-state index in [1.165, 1.54) is 18.4 Å². The van der Waals surface area contributed by atoms with Crippen LogP contribution in [-0.4, -0.2) is 38.0 Å². The van der Waals surface area contributed by atoms with E-state index in [9.17, 15) is 5.11 Å².